The van der Waals surface area contributed by atoms with Gasteiger partial charge in [0.25, 0.3) is 0 Å². The molecule has 1 aliphatic rings. The summed E-state index contributed by atoms with van der Waals surface area (Å²) in [6.07, 6.45) is 8.36. The predicted molar refractivity (Wildman–Crippen MR) is 123 cm³/mol. The Balaban J connectivity index is 1.45. The summed E-state index contributed by atoms with van der Waals surface area (Å²) in [5.74, 6) is 4.19. The third-order valence-corrected chi connectivity index (χ3v) is 5.84. The zero-order valence-electron chi connectivity index (χ0n) is 17.1. The van der Waals surface area contributed by atoms with E-state index in [0.717, 1.165) is 57.2 Å². The molecule has 0 radical (unpaired) electrons. The van der Waals surface area contributed by atoms with Gasteiger partial charge in [-0.2, -0.15) is 0 Å². The molecule has 1 aliphatic heterocycles. The van der Waals surface area contributed by atoms with E-state index in [1.807, 2.05) is 23.5 Å². The first-order chi connectivity index (χ1) is 14.3. The summed E-state index contributed by atoms with van der Waals surface area (Å²) in [7, 11) is 0. The number of guanidine groups is 1. The molecule has 2 N–H and O–H groups in total. The van der Waals surface area contributed by atoms with Crippen molar-refractivity contribution < 1.29 is 4.74 Å². The third kappa shape index (κ3) is 6.72. The Hall–Kier alpha value is -2.65. The van der Waals surface area contributed by atoms with E-state index in [9.17, 15) is 0 Å². The Morgan fingerprint density at radius 2 is 2.07 bits per heavy atom. The molecule has 2 heterocycles. The van der Waals surface area contributed by atoms with Crippen molar-refractivity contribution in [2.24, 2.45) is 4.99 Å². The maximum absolute atomic E-state index is 5.41. The predicted octanol–water partition coefficient (Wildman–Crippen LogP) is 3.53. The Bertz CT molecular complexity index is 787. The first kappa shape index (κ1) is 21.1. The largest absolute Gasteiger partial charge is 0.481 e. The summed E-state index contributed by atoms with van der Waals surface area (Å²) in [4.78, 5) is 7.24. The molecule has 1 aromatic heterocycles. The number of thiophene rings is 1. The number of terminal acetylenes is 1. The number of anilines is 1. The third-order valence-electron chi connectivity index (χ3n) is 4.91. The average molecular weight is 411 g/mol. The van der Waals surface area contributed by atoms with E-state index >= 15 is 0 Å². The monoisotopic (exact) mass is 410 g/mol. The van der Waals surface area contributed by atoms with Crippen LogP contribution in [-0.2, 0) is 6.42 Å². The molecular formula is C23H30N4OS. The minimum Gasteiger partial charge on any atom is -0.481 e. The van der Waals surface area contributed by atoms with Gasteiger partial charge in [-0.3, -0.25) is 4.99 Å². The lowest BCUT2D eigenvalue weighted by atomic mass is 10.1. The molecule has 5 nitrogen and oxygen atoms in total. The fraction of sp³-hybridized carbons (Fsp3) is 0.435. The van der Waals surface area contributed by atoms with Crippen LogP contribution >= 0.6 is 11.3 Å². The maximum atomic E-state index is 5.41. The molecule has 0 aliphatic carbocycles. The normalized spacial score (nSPS) is 15.0. The van der Waals surface area contributed by atoms with Crippen LogP contribution in [0.2, 0.25) is 0 Å². The Morgan fingerprint density at radius 1 is 1.28 bits per heavy atom. The smallest absolute Gasteiger partial charge is 0.191 e. The molecule has 0 saturated carbocycles. The van der Waals surface area contributed by atoms with E-state index in [-0.39, 0.29) is 0 Å². The Labute approximate surface area is 178 Å². The van der Waals surface area contributed by atoms with Crippen molar-refractivity contribution in [1.29, 1.82) is 0 Å². The first-order valence-corrected chi connectivity index (χ1v) is 11.1. The lowest BCUT2D eigenvalue weighted by Crippen LogP contribution is -2.48. The van der Waals surface area contributed by atoms with E-state index in [1.54, 1.807) is 0 Å². The summed E-state index contributed by atoms with van der Waals surface area (Å²) in [6, 6.07) is 12.9. The average Bonchev–Trinajstić information content (AvgIpc) is 3.29. The quantitative estimate of drug-likeness (QED) is 0.397. The van der Waals surface area contributed by atoms with Crippen LogP contribution in [0.15, 0.2) is 46.8 Å². The van der Waals surface area contributed by atoms with Gasteiger partial charge >= 0.3 is 0 Å². The van der Waals surface area contributed by atoms with Crippen LogP contribution in [0.3, 0.4) is 0 Å². The molecule has 1 aromatic carbocycles. The highest BCUT2D eigenvalue weighted by Gasteiger charge is 2.20. The highest BCUT2D eigenvalue weighted by Crippen LogP contribution is 2.24. The molecule has 29 heavy (non-hydrogen) atoms. The number of ether oxygens (including phenoxy) is 1. The molecule has 154 valence electrons. The van der Waals surface area contributed by atoms with Crippen molar-refractivity contribution in [2.45, 2.75) is 32.2 Å². The lowest BCUT2D eigenvalue weighted by molar-refractivity contribution is 0.370. The number of rotatable bonds is 8. The van der Waals surface area contributed by atoms with Crippen molar-refractivity contribution in [3.63, 3.8) is 0 Å². The van der Waals surface area contributed by atoms with E-state index < -0.39 is 0 Å². The number of benzene rings is 1. The van der Waals surface area contributed by atoms with Crippen LogP contribution in [0, 0.1) is 12.3 Å². The van der Waals surface area contributed by atoms with Gasteiger partial charge in [-0.1, -0.05) is 18.1 Å². The van der Waals surface area contributed by atoms with Gasteiger partial charge in [0.05, 0.1) is 5.00 Å². The van der Waals surface area contributed by atoms with Crippen molar-refractivity contribution in [2.75, 3.05) is 37.7 Å². The second kappa shape index (κ2) is 11.4. The Morgan fingerprint density at radius 3 is 2.72 bits per heavy atom. The van der Waals surface area contributed by atoms with Crippen molar-refractivity contribution in [1.82, 2.24) is 10.6 Å². The standard InChI is InChI=1S/C23H30N4OS/c1-3-17-28-21-9-7-19(8-10-21)11-14-25-23(24-4-2)26-20-12-15-27(16-13-20)22-6-5-18-29-22/h1,5-10,18,20H,4,11-17H2,2H3,(H2,24,25,26). The highest BCUT2D eigenvalue weighted by molar-refractivity contribution is 7.14. The summed E-state index contributed by atoms with van der Waals surface area (Å²) in [6.45, 7) is 6.19. The SMILES string of the molecule is C#CCOc1ccc(CCN=C(NCC)NC2CCN(c3cccs3)CC2)cc1. The highest BCUT2D eigenvalue weighted by atomic mass is 32.1. The van der Waals surface area contributed by atoms with Crippen LogP contribution in [0.5, 0.6) is 5.75 Å². The summed E-state index contributed by atoms with van der Waals surface area (Å²) in [5, 5.41) is 10.5. The zero-order chi connectivity index (χ0) is 20.3. The molecule has 0 unspecified atom stereocenters. The molecule has 0 amide bonds. The molecule has 0 atom stereocenters. The van der Waals surface area contributed by atoms with Gasteiger partial charge in [0.15, 0.2) is 5.96 Å². The first-order valence-electron chi connectivity index (χ1n) is 10.3. The molecule has 0 bridgehead atoms. The van der Waals surface area contributed by atoms with Crippen molar-refractivity contribution >= 4 is 22.3 Å². The van der Waals surface area contributed by atoms with Crippen LogP contribution in [0.25, 0.3) is 0 Å². The fourth-order valence-electron chi connectivity index (χ4n) is 3.38. The zero-order valence-corrected chi connectivity index (χ0v) is 17.9. The van der Waals surface area contributed by atoms with Gasteiger partial charge in [-0.25, -0.2) is 0 Å². The molecule has 1 fully saturated rings. The number of aliphatic imine (C=N–C) groups is 1. The minimum atomic E-state index is 0.299. The Kier molecular flexibility index (Phi) is 8.26. The van der Waals surface area contributed by atoms with E-state index in [2.05, 4.69) is 58.0 Å². The molecular weight excluding hydrogens is 380 g/mol. The van der Waals surface area contributed by atoms with Crippen LogP contribution in [0.4, 0.5) is 5.00 Å². The second-order valence-corrected chi connectivity index (χ2v) is 7.93. The van der Waals surface area contributed by atoms with Crippen molar-refractivity contribution in [3.05, 3.63) is 47.3 Å². The maximum Gasteiger partial charge on any atom is 0.191 e. The fourth-order valence-corrected chi connectivity index (χ4v) is 4.17. The minimum absolute atomic E-state index is 0.299. The van der Waals surface area contributed by atoms with Gasteiger partial charge in [-0.15, -0.1) is 17.8 Å². The van der Waals surface area contributed by atoms with Crippen LogP contribution < -0.4 is 20.3 Å². The van der Waals surface area contributed by atoms with Gasteiger partial charge in [0.2, 0.25) is 0 Å². The van der Waals surface area contributed by atoms with Gasteiger partial charge < -0.3 is 20.3 Å². The number of nitrogens with one attached hydrogen (secondary N) is 2. The summed E-state index contributed by atoms with van der Waals surface area (Å²) < 4.78 is 5.41. The molecule has 2 aromatic rings. The van der Waals surface area contributed by atoms with E-state index in [4.69, 9.17) is 16.2 Å². The van der Waals surface area contributed by atoms with Gasteiger partial charge in [0.1, 0.15) is 12.4 Å². The van der Waals surface area contributed by atoms with E-state index in [0.29, 0.717) is 12.6 Å². The van der Waals surface area contributed by atoms with Gasteiger partial charge in [0, 0.05) is 32.2 Å². The second-order valence-electron chi connectivity index (χ2n) is 7.00. The lowest BCUT2D eigenvalue weighted by Gasteiger charge is -2.33. The van der Waals surface area contributed by atoms with Crippen molar-refractivity contribution in [3.8, 4) is 18.1 Å². The number of hydrogen-bond acceptors (Lipinski definition) is 4. The van der Waals surface area contributed by atoms with E-state index in [1.165, 1.54) is 10.6 Å². The molecule has 3 rings (SSSR count). The summed E-state index contributed by atoms with van der Waals surface area (Å²) >= 11 is 1.82. The summed E-state index contributed by atoms with van der Waals surface area (Å²) in [5.41, 5.74) is 1.24. The molecule has 0 spiro atoms. The van der Waals surface area contributed by atoms with Crippen LogP contribution in [0.1, 0.15) is 25.3 Å². The molecule has 6 heteroatoms. The van der Waals surface area contributed by atoms with Gasteiger partial charge in [-0.05, 0) is 61.4 Å². The number of piperidine rings is 1. The molecule has 1 saturated heterocycles. The number of nitrogens with zero attached hydrogens (tertiary/aromatic N) is 2. The van der Waals surface area contributed by atoms with Crippen LogP contribution in [-0.4, -0.2) is 44.8 Å². The topological polar surface area (TPSA) is 48.9 Å². The number of hydrogen-bond donors (Lipinski definition) is 2.